The monoisotopic (exact) mass is 391 g/mol. The van der Waals surface area contributed by atoms with Crippen LogP contribution < -0.4 is 10.1 Å². The number of imidazole rings is 1. The molecule has 5 nitrogen and oxygen atoms in total. The molecule has 0 radical (unpaired) electrons. The molecule has 0 fully saturated rings. The average molecular weight is 392 g/mol. The number of fused-ring (bicyclic) bond motifs is 1. The minimum atomic E-state index is -0.148. The first-order chi connectivity index (χ1) is 14.0. The van der Waals surface area contributed by atoms with Crippen LogP contribution in [0.5, 0.6) is 5.75 Å². The van der Waals surface area contributed by atoms with Gasteiger partial charge in [-0.25, -0.2) is 4.98 Å². The van der Waals surface area contributed by atoms with Crippen molar-refractivity contribution in [3.8, 4) is 5.75 Å². The lowest BCUT2D eigenvalue weighted by atomic mass is 10.1. The highest BCUT2D eigenvalue weighted by atomic mass is 16.5. The largest absolute Gasteiger partial charge is 0.493 e. The zero-order chi connectivity index (χ0) is 20.8. The molecule has 0 unspecified atom stereocenters. The number of unbranched alkanes of at least 4 members (excludes halogenated alkanes) is 1. The minimum absolute atomic E-state index is 0.148. The van der Waals surface area contributed by atoms with Crippen LogP contribution in [0.25, 0.3) is 11.0 Å². The Hall–Kier alpha value is -3.08. The van der Waals surface area contributed by atoms with Gasteiger partial charge in [-0.2, -0.15) is 0 Å². The van der Waals surface area contributed by atoms with E-state index in [-0.39, 0.29) is 5.91 Å². The fourth-order valence-electron chi connectivity index (χ4n) is 3.25. The maximum Gasteiger partial charge on any atom is 0.246 e. The maximum absolute atomic E-state index is 11.9. The quantitative estimate of drug-likeness (QED) is 0.425. The van der Waals surface area contributed by atoms with Crippen LogP contribution in [0.4, 0.5) is 0 Å². The molecule has 0 aliphatic heterocycles. The summed E-state index contributed by atoms with van der Waals surface area (Å²) < 4.78 is 8.15. The second-order valence-corrected chi connectivity index (χ2v) is 7.39. The highest BCUT2D eigenvalue weighted by molar-refractivity contribution is 5.92. The number of hydrogen-bond acceptors (Lipinski definition) is 3. The van der Waals surface area contributed by atoms with Crippen molar-refractivity contribution in [2.24, 2.45) is 0 Å². The van der Waals surface area contributed by atoms with E-state index in [0.29, 0.717) is 18.7 Å². The molecule has 3 rings (SSSR count). The van der Waals surface area contributed by atoms with Gasteiger partial charge in [0.25, 0.3) is 0 Å². The lowest BCUT2D eigenvalue weighted by Gasteiger charge is -2.12. The second-order valence-electron chi connectivity index (χ2n) is 7.39. The molecule has 0 bridgehead atoms. The molecule has 0 saturated carbocycles. The molecule has 0 atom stereocenters. The van der Waals surface area contributed by atoms with Gasteiger partial charge in [0.2, 0.25) is 5.91 Å². The van der Waals surface area contributed by atoms with E-state index >= 15 is 0 Å². The van der Waals surface area contributed by atoms with E-state index in [0.717, 1.165) is 42.0 Å². The predicted molar refractivity (Wildman–Crippen MR) is 117 cm³/mol. The van der Waals surface area contributed by atoms with E-state index in [4.69, 9.17) is 9.72 Å². The Morgan fingerprint density at radius 2 is 1.93 bits per heavy atom. The maximum atomic E-state index is 11.9. The summed E-state index contributed by atoms with van der Waals surface area (Å²) in [5.41, 5.74) is 4.97. The van der Waals surface area contributed by atoms with Crippen LogP contribution in [0.3, 0.4) is 0 Å². The number of rotatable bonds is 9. The highest BCUT2D eigenvalue weighted by Gasteiger charge is 2.11. The van der Waals surface area contributed by atoms with E-state index < -0.39 is 0 Å². The van der Waals surface area contributed by atoms with Crippen molar-refractivity contribution in [1.29, 1.82) is 0 Å². The van der Waals surface area contributed by atoms with Gasteiger partial charge in [0.15, 0.2) is 0 Å². The summed E-state index contributed by atoms with van der Waals surface area (Å²) in [5.74, 6) is 1.67. The normalized spacial score (nSPS) is 10.9. The number of para-hydroxylation sites is 2. The lowest BCUT2D eigenvalue weighted by Crippen LogP contribution is -2.25. The summed E-state index contributed by atoms with van der Waals surface area (Å²) in [6.07, 6.45) is 1.91. The number of aromatic nitrogens is 2. The van der Waals surface area contributed by atoms with Crippen LogP contribution in [0, 0.1) is 13.8 Å². The van der Waals surface area contributed by atoms with Crippen molar-refractivity contribution in [2.45, 2.75) is 46.7 Å². The molecule has 0 aliphatic rings. The van der Waals surface area contributed by atoms with Crippen molar-refractivity contribution < 1.29 is 9.53 Å². The van der Waals surface area contributed by atoms with E-state index in [1.54, 1.807) is 6.92 Å². The van der Waals surface area contributed by atoms with Crippen molar-refractivity contribution in [3.63, 3.8) is 0 Å². The third-order valence-corrected chi connectivity index (χ3v) is 5.12. The van der Waals surface area contributed by atoms with E-state index in [1.807, 2.05) is 30.3 Å². The summed E-state index contributed by atoms with van der Waals surface area (Å²) in [6, 6.07) is 14.2. The number of carbonyl (C=O) groups is 1. The SMILES string of the molecule is C=C(C)C(=O)NCc1nc2ccccc2n1CCCCOc1cccc(C)c1C. The highest BCUT2D eigenvalue weighted by Crippen LogP contribution is 2.21. The Morgan fingerprint density at radius 1 is 1.14 bits per heavy atom. The Balaban J connectivity index is 1.61. The Bertz CT molecular complexity index is 1020. The Kier molecular flexibility index (Phi) is 6.70. The van der Waals surface area contributed by atoms with E-state index in [1.165, 1.54) is 11.1 Å². The van der Waals surface area contributed by atoms with Gasteiger partial charge < -0.3 is 14.6 Å². The van der Waals surface area contributed by atoms with Gasteiger partial charge in [-0.15, -0.1) is 0 Å². The van der Waals surface area contributed by atoms with Crippen LogP contribution >= 0.6 is 0 Å². The molecule has 1 aromatic heterocycles. The number of nitrogens with one attached hydrogen (secondary N) is 1. The van der Waals surface area contributed by atoms with Crippen molar-refractivity contribution in [1.82, 2.24) is 14.9 Å². The molecule has 5 heteroatoms. The molecule has 29 heavy (non-hydrogen) atoms. The smallest absolute Gasteiger partial charge is 0.246 e. The number of benzene rings is 2. The van der Waals surface area contributed by atoms with Gasteiger partial charge in [0.1, 0.15) is 11.6 Å². The molecule has 1 amide bonds. The van der Waals surface area contributed by atoms with E-state index in [2.05, 4.69) is 42.4 Å². The van der Waals surface area contributed by atoms with Crippen molar-refractivity contribution >= 4 is 16.9 Å². The summed E-state index contributed by atoms with van der Waals surface area (Å²) in [6.45, 7) is 11.5. The Labute approximate surface area is 172 Å². The molecular weight excluding hydrogens is 362 g/mol. The molecule has 0 spiro atoms. The van der Waals surface area contributed by atoms with E-state index in [9.17, 15) is 4.79 Å². The fraction of sp³-hybridized carbons (Fsp3) is 0.333. The number of hydrogen-bond donors (Lipinski definition) is 1. The molecule has 3 aromatic rings. The first kappa shape index (κ1) is 20.6. The number of carbonyl (C=O) groups excluding carboxylic acids is 1. The number of ether oxygens (including phenoxy) is 1. The average Bonchev–Trinajstić information content (AvgIpc) is 3.06. The topological polar surface area (TPSA) is 56.2 Å². The molecule has 152 valence electrons. The van der Waals surface area contributed by atoms with Crippen LogP contribution in [0.2, 0.25) is 0 Å². The van der Waals surface area contributed by atoms with Crippen LogP contribution in [0.1, 0.15) is 36.7 Å². The fourth-order valence-corrected chi connectivity index (χ4v) is 3.25. The second kappa shape index (κ2) is 9.41. The molecule has 1 heterocycles. The van der Waals surface area contributed by atoms with Crippen molar-refractivity contribution in [2.75, 3.05) is 6.61 Å². The zero-order valence-corrected chi connectivity index (χ0v) is 17.5. The van der Waals surface area contributed by atoms with Gasteiger partial charge in [-0.3, -0.25) is 4.79 Å². The first-order valence-corrected chi connectivity index (χ1v) is 10.0. The summed E-state index contributed by atoms with van der Waals surface area (Å²) in [5, 5.41) is 2.89. The summed E-state index contributed by atoms with van der Waals surface area (Å²) >= 11 is 0. The minimum Gasteiger partial charge on any atom is -0.493 e. The van der Waals surface area contributed by atoms with Crippen molar-refractivity contribution in [3.05, 3.63) is 71.6 Å². The van der Waals surface area contributed by atoms with Crippen LogP contribution in [-0.4, -0.2) is 22.1 Å². The third-order valence-electron chi connectivity index (χ3n) is 5.12. The molecule has 0 aliphatic carbocycles. The molecule has 2 aromatic carbocycles. The molecule has 1 N–H and O–H groups in total. The van der Waals surface area contributed by atoms with Crippen LogP contribution in [0.15, 0.2) is 54.6 Å². The predicted octanol–water partition coefficient (Wildman–Crippen LogP) is 4.70. The molecular formula is C24H29N3O2. The molecule has 0 saturated heterocycles. The first-order valence-electron chi connectivity index (χ1n) is 10.0. The van der Waals surface area contributed by atoms with Crippen LogP contribution in [-0.2, 0) is 17.9 Å². The lowest BCUT2D eigenvalue weighted by molar-refractivity contribution is -0.117. The number of nitrogens with zero attached hydrogens (tertiary/aromatic N) is 2. The van der Waals surface area contributed by atoms with Gasteiger partial charge in [0, 0.05) is 12.1 Å². The number of aryl methyl sites for hydroxylation is 2. The summed E-state index contributed by atoms with van der Waals surface area (Å²) in [4.78, 5) is 16.6. The van der Waals surface area contributed by atoms with Gasteiger partial charge in [-0.05, 0) is 62.9 Å². The van der Waals surface area contributed by atoms with Gasteiger partial charge in [-0.1, -0.05) is 30.8 Å². The summed E-state index contributed by atoms with van der Waals surface area (Å²) in [7, 11) is 0. The zero-order valence-electron chi connectivity index (χ0n) is 17.5. The standard InChI is InChI=1S/C24H29N3O2/c1-17(2)24(28)25-16-23-26-20-11-5-6-12-21(20)27(23)14-7-8-15-29-22-13-9-10-18(3)19(22)4/h5-6,9-13H,1,7-8,14-16H2,2-4H3,(H,25,28). The van der Waals surface area contributed by atoms with Gasteiger partial charge in [0.05, 0.1) is 24.2 Å². The number of amides is 1. The van der Waals surface area contributed by atoms with Gasteiger partial charge >= 0.3 is 0 Å². The third kappa shape index (κ3) is 5.05. The Morgan fingerprint density at radius 3 is 2.72 bits per heavy atom.